The fourth-order valence-corrected chi connectivity index (χ4v) is 4.02. The predicted molar refractivity (Wildman–Crippen MR) is 143 cm³/mol. The van der Waals surface area contributed by atoms with E-state index in [9.17, 15) is 5.11 Å². The van der Waals surface area contributed by atoms with E-state index in [1.54, 1.807) is 24.0 Å². The van der Waals surface area contributed by atoms with Crippen LogP contribution in [0, 0.1) is 23.2 Å². The average Bonchev–Trinajstić information content (AvgIpc) is 3.72. The Hall–Kier alpha value is -5.03. The number of aromatic nitrogens is 6. The van der Waals surface area contributed by atoms with Gasteiger partial charge in [-0.25, -0.2) is 4.98 Å². The van der Waals surface area contributed by atoms with Crippen molar-refractivity contribution >= 4 is 0 Å². The maximum atomic E-state index is 9.84. The summed E-state index contributed by atoms with van der Waals surface area (Å²) in [6.45, 7) is 4.20. The van der Waals surface area contributed by atoms with Crippen molar-refractivity contribution in [1.29, 1.82) is 5.26 Å². The third-order valence-electron chi connectivity index (χ3n) is 6.06. The first-order valence-electron chi connectivity index (χ1n) is 12.4. The molecule has 10 heteroatoms. The highest BCUT2D eigenvalue weighted by molar-refractivity contribution is 5.59. The molecule has 0 unspecified atom stereocenters. The van der Waals surface area contributed by atoms with E-state index in [4.69, 9.17) is 9.78 Å². The molecule has 5 aromatic rings. The Labute approximate surface area is 225 Å². The summed E-state index contributed by atoms with van der Waals surface area (Å²) < 4.78 is 9.11. The number of hydrogen-bond acceptors (Lipinski definition) is 8. The van der Waals surface area contributed by atoms with Crippen LogP contribution in [0.2, 0.25) is 0 Å². The van der Waals surface area contributed by atoms with Gasteiger partial charge in [0.05, 0.1) is 6.54 Å². The van der Waals surface area contributed by atoms with Crippen molar-refractivity contribution in [2.45, 2.75) is 32.7 Å². The molecule has 0 fully saturated rings. The van der Waals surface area contributed by atoms with E-state index >= 15 is 0 Å². The first kappa shape index (κ1) is 25.6. The fraction of sp³-hybridized carbons (Fsp3) is 0.207. The third kappa shape index (κ3) is 6.46. The number of aliphatic hydroxyl groups is 1. The number of benzene rings is 2. The van der Waals surface area contributed by atoms with Crippen molar-refractivity contribution in [3.8, 4) is 29.2 Å². The summed E-state index contributed by atoms with van der Waals surface area (Å²) in [5, 5.41) is 33.8. The molecule has 0 aliphatic rings. The fourth-order valence-electron chi connectivity index (χ4n) is 4.02. The van der Waals surface area contributed by atoms with Crippen molar-refractivity contribution in [3.63, 3.8) is 0 Å². The van der Waals surface area contributed by atoms with Crippen molar-refractivity contribution in [3.05, 3.63) is 107 Å². The van der Waals surface area contributed by atoms with Gasteiger partial charge in [0, 0.05) is 54.8 Å². The number of imidazole rings is 1. The molecule has 0 saturated heterocycles. The molecule has 39 heavy (non-hydrogen) atoms. The summed E-state index contributed by atoms with van der Waals surface area (Å²) in [5.74, 6) is 7.98. The molecule has 0 spiro atoms. The molecule has 1 atom stereocenters. The van der Waals surface area contributed by atoms with Gasteiger partial charge < -0.3 is 24.1 Å². The van der Waals surface area contributed by atoms with Gasteiger partial charge in [0.2, 0.25) is 5.82 Å². The van der Waals surface area contributed by atoms with Crippen LogP contribution in [0.1, 0.15) is 47.1 Å². The Morgan fingerprint density at radius 2 is 1.79 bits per heavy atom. The van der Waals surface area contributed by atoms with Crippen LogP contribution in [0.4, 0.5) is 0 Å². The van der Waals surface area contributed by atoms with Gasteiger partial charge in [-0.05, 0) is 48.9 Å². The highest BCUT2D eigenvalue weighted by atomic mass is 16.5. The molecule has 0 aliphatic heterocycles. The minimum atomic E-state index is -0.655. The van der Waals surface area contributed by atoms with Crippen LogP contribution in [-0.4, -0.2) is 41.1 Å². The molecule has 5 rings (SSSR count). The lowest BCUT2D eigenvalue weighted by Crippen LogP contribution is -2.19. The van der Waals surface area contributed by atoms with E-state index in [1.807, 2.05) is 59.3 Å². The molecule has 0 aliphatic carbocycles. The maximum absolute atomic E-state index is 9.84. The summed E-state index contributed by atoms with van der Waals surface area (Å²) >= 11 is 0. The van der Waals surface area contributed by atoms with E-state index in [-0.39, 0.29) is 0 Å². The van der Waals surface area contributed by atoms with Crippen LogP contribution in [0.25, 0.3) is 11.3 Å². The van der Waals surface area contributed by atoms with Crippen LogP contribution in [0.15, 0.2) is 77.8 Å². The Morgan fingerprint density at radius 1 is 1.05 bits per heavy atom. The lowest BCUT2D eigenvalue weighted by Gasteiger charge is -2.07. The number of nitrogens with one attached hydrogen (secondary N) is 1. The monoisotopic (exact) mass is 518 g/mol. The molecule has 3 heterocycles. The van der Waals surface area contributed by atoms with Gasteiger partial charge in [-0.3, -0.25) is 0 Å². The largest absolute Gasteiger partial charge is 0.385 e. The second-order valence-electron chi connectivity index (χ2n) is 8.93. The lowest BCUT2D eigenvalue weighted by molar-refractivity contribution is 0.184. The molecule has 194 valence electrons. The Balaban J connectivity index is 1.13. The average molecular weight is 519 g/mol. The Morgan fingerprint density at radius 3 is 2.51 bits per heavy atom. The lowest BCUT2D eigenvalue weighted by atomic mass is 10.1. The molecular formula is C29H26N8O2. The Kier molecular flexibility index (Phi) is 7.89. The summed E-state index contributed by atoms with van der Waals surface area (Å²) in [4.78, 5) is 4.18. The van der Waals surface area contributed by atoms with Gasteiger partial charge in [0.15, 0.2) is 5.76 Å². The smallest absolute Gasteiger partial charge is 0.234 e. The number of rotatable bonds is 9. The molecule has 2 aromatic carbocycles. The quantitative estimate of drug-likeness (QED) is 0.225. The summed E-state index contributed by atoms with van der Waals surface area (Å²) in [6.07, 6.45) is 4.37. The van der Waals surface area contributed by atoms with Crippen molar-refractivity contribution in [2.24, 2.45) is 0 Å². The normalized spacial score (nSPS) is 11.5. The van der Waals surface area contributed by atoms with Gasteiger partial charge in [-0.1, -0.05) is 29.1 Å². The molecule has 2 N–H and O–H groups in total. The predicted octanol–water partition coefficient (Wildman–Crippen LogP) is 3.29. The van der Waals surface area contributed by atoms with Gasteiger partial charge in [0.25, 0.3) is 0 Å². The molecular weight excluding hydrogens is 492 g/mol. The highest BCUT2D eigenvalue weighted by Gasteiger charge is 2.12. The molecule has 0 saturated carbocycles. The van der Waals surface area contributed by atoms with Crippen LogP contribution in [0.3, 0.4) is 0 Å². The zero-order valence-corrected chi connectivity index (χ0v) is 21.3. The second-order valence-corrected chi connectivity index (χ2v) is 8.93. The first-order chi connectivity index (χ1) is 19.1. The highest BCUT2D eigenvalue weighted by Crippen LogP contribution is 2.22. The number of hydrogen-bond donors (Lipinski definition) is 2. The topological polar surface area (TPSA) is 131 Å². The van der Waals surface area contributed by atoms with Crippen LogP contribution < -0.4 is 5.32 Å². The van der Waals surface area contributed by atoms with Gasteiger partial charge in [-0.15, -0.1) is 10.2 Å². The van der Waals surface area contributed by atoms with Crippen molar-refractivity contribution < 1.29 is 9.63 Å². The maximum Gasteiger partial charge on any atom is 0.234 e. The van der Waals surface area contributed by atoms with E-state index in [0.717, 1.165) is 27.9 Å². The number of nitriles is 1. The molecule has 0 amide bonds. The van der Waals surface area contributed by atoms with Crippen LogP contribution in [0.5, 0.6) is 0 Å². The minimum Gasteiger partial charge on any atom is -0.385 e. The van der Waals surface area contributed by atoms with E-state index in [2.05, 4.69) is 49.6 Å². The SMILES string of the molecule is C[C@H](O)c1nccn1Cc1cc(-c2ccc(C#Cc3ccc(CNCCn4cnnc4C#N)cc3)cc2)on1. The summed E-state index contributed by atoms with van der Waals surface area (Å²) in [6, 6.07) is 19.9. The molecule has 0 bridgehead atoms. The van der Waals surface area contributed by atoms with E-state index < -0.39 is 6.10 Å². The summed E-state index contributed by atoms with van der Waals surface area (Å²) in [5.41, 5.74) is 4.63. The van der Waals surface area contributed by atoms with Crippen molar-refractivity contribution in [2.75, 3.05) is 6.54 Å². The van der Waals surface area contributed by atoms with E-state index in [1.165, 1.54) is 0 Å². The zero-order valence-electron chi connectivity index (χ0n) is 21.3. The van der Waals surface area contributed by atoms with Gasteiger partial charge >= 0.3 is 0 Å². The second kappa shape index (κ2) is 12.0. The van der Waals surface area contributed by atoms with Crippen LogP contribution >= 0.6 is 0 Å². The standard InChI is InChI=1S/C29H26N8O2/c1-21(38)29-32-13-15-36(29)19-26-16-27(39-35-26)25-10-8-23(9-11-25)3-2-22-4-6-24(7-5-22)18-31-12-14-37-20-33-34-28(37)17-30/h4-11,13,15-16,20-21,31,38H,12,14,18-19H2,1H3/t21-/m0/s1. The number of aliphatic hydroxyl groups excluding tert-OH is 1. The molecule has 0 radical (unpaired) electrons. The summed E-state index contributed by atoms with van der Waals surface area (Å²) in [7, 11) is 0. The minimum absolute atomic E-state index is 0.316. The zero-order chi connectivity index (χ0) is 27.0. The number of nitrogens with zero attached hydrogens (tertiary/aromatic N) is 7. The first-order valence-corrected chi connectivity index (χ1v) is 12.4. The third-order valence-corrected chi connectivity index (χ3v) is 6.06. The van der Waals surface area contributed by atoms with Gasteiger partial charge in [-0.2, -0.15) is 5.26 Å². The van der Waals surface area contributed by atoms with E-state index in [0.29, 0.717) is 43.6 Å². The van der Waals surface area contributed by atoms with Gasteiger partial charge in [0.1, 0.15) is 30.0 Å². The van der Waals surface area contributed by atoms with Crippen molar-refractivity contribution in [1.82, 2.24) is 34.8 Å². The Bertz CT molecular complexity index is 1630. The van der Waals surface area contributed by atoms with Crippen LogP contribution in [-0.2, 0) is 19.6 Å². The molecule has 3 aromatic heterocycles. The molecule has 10 nitrogen and oxygen atoms in total.